The summed E-state index contributed by atoms with van der Waals surface area (Å²) < 4.78 is 4.71. The van der Waals surface area contributed by atoms with Crippen LogP contribution in [0.15, 0.2) is 17.9 Å². The van der Waals surface area contributed by atoms with E-state index in [0.717, 1.165) is 0 Å². The van der Waals surface area contributed by atoms with Crippen LogP contribution in [0.4, 0.5) is 4.79 Å². The van der Waals surface area contributed by atoms with Crippen LogP contribution >= 0.6 is 0 Å². The molecular weight excluding hydrogens is 166 g/mol. The van der Waals surface area contributed by atoms with Crippen molar-refractivity contribution in [3.8, 4) is 0 Å². The third kappa shape index (κ3) is 3.81. The molecule has 72 valence electrons. The van der Waals surface area contributed by atoms with Crippen molar-refractivity contribution in [1.29, 1.82) is 0 Å². The number of carbonyl (C=O) groups excluding carboxylic acids is 1. The Morgan fingerprint density at radius 3 is 2.77 bits per heavy atom. The van der Waals surface area contributed by atoms with E-state index in [9.17, 15) is 4.79 Å². The lowest BCUT2D eigenvalue weighted by atomic mass is 9.97. The number of amides is 1. The van der Waals surface area contributed by atoms with Crippen LogP contribution in [-0.2, 0) is 4.74 Å². The fourth-order valence-corrected chi connectivity index (χ4v) is 0.904. The Morgan fingerprint density at radius 1 is 1.62 bits per heavy atom. The molecule has 1 fully saturated rings. The molecule has 1 rings (SSSR count). The van der Waals surface area contributed by atoms with Gasteiger partial charge in [0.15, 0.2) is 0 Å². The smallest absolute Gasteiger partial charge is 0.407 e. The second-order valence-corrected chi connectivity index (χ2v) is 4.19. The summed E-state index contributed by atoms with van der Waals surface area (Å²) in [6, 6.07) is -0.0221. The molecule has 1 amide bonds. The van der Waals surface area contributed by atoms with Gasteiger partial charge in [-0.3, -0.25) is 0 Å². The number of carbonyl (C=O) groups is 1. The van der Waals surface area contributed by atoms with E-state index in [2.05, 4.69) is 31.8 Å². The maximum atomic E-state index is 10.6. The predicted molar refractivity (Wildman–Crippen MR) is 50.4 cm³/mol. The van der Waals surface area contributed by atoms with E-state index in [1.54, 1.807) is 0 Å². The third-order valence-corrected chi connectivity index (χ3v) is 1.51. The Labute approximate surface area is 78.5 Å². The highest BCUT2D eigenvalue weighted by atomic mass is 16.6. The van der Waals surface area contributed by atoms with E-state index >= 15 is 0 Å². The summed E-state index contributed by atoms with van der Waals surface area (Å²) in [6.45, 7) is 6.69. The van der Waals surface area contributed by atoms with Crippen LogP contribution in [0.1, 0.15) is 20.8 Å². The number of cyclic esters (lactones) is 1. The van der Waals surface area contributed by atoms with Crippen LogP contribution in [-0.4, -0.2) is 18.7 Å². The summed E-state index contributed by atoms with van der Waals surface area (Å²) in [7, 11) is 0. The first-order valence-corrected chi connectivity index (χ1v) is 4.34. The van der Waals surface area contributed by atoms with E-state index in [0.29, 0.717) is 6.61 Å². The lowest BCUT2D eigenvalue weighted by Crippen LogP contribution is -2.23. The maximum Gasteiger partial charge on any atom is 0.407 e. The van der Waals surface area contributed by atoms with Gasteiger partial charge < -0.3 is 10.1 Å². The molecule has 0 saturated carbocycles. The highest BCUT2D eigenvalue weighted by molar-refractivity contribution is 5.70. The van der Waals surface area contributed by atoms with E-state index in [4.69, 9.17) is 4.74 Å². The highest BCUT2D eigenvalue weighted by Gasteiger charge is 2.18. The van der Waals surface area contributed by atoms with Gasteiger partial charge in [0.25, 0.3) is 0 Å². The lowest BCUT2D eigenvalue weighted by molar-refractivity contribution is 0.177. The second kappa shape index (κ2) is 3.67. The summed E-state index contributed by atoms with van der Waals surface area (Å²) in [4.78, 5) is 10.6. The topological polar surface area (TPSA) is 38.3 Å². The standard InChI is InChI=1S/C10H15NO2/c1-10(2,3)6-4-5-8-7-13-9(12)11-8/h5-6,8H,7H2,1-3H3,(H,11,12). The predicted octanol–water partition coefficient (Wildman–Crippen LogP) is 1.85. The van der Waals surface area contributed by atoms with Gasteiger partial charge >= 0.3 is 6.09 Å². The van der Waals surface area contributed by atoms with E-state index < -0.39 is 0 Å². The zero-order valence-electron chi connectivity index (χ0n) is 8.26. The molecule has 1 heterocycles. The maximum absolute atomic E-state index is 10.6. The molecule has 0 aromatic rings. The molecule has 0 bridgehead atoms. The van der Waals surface area contributed by atoms with Crippen molar-refractivity contribution in [1.82, 2.24) is 5.32 Å². The van der Waals surface area contributed by atoms with Crippen LogP contribution in [0.2, 0.25) is 0 Å². The first-order chi connectivity index (χ1) is 5.97. The zero-order chi connectivity index (χ0) is 9.90. The average Bonchev–Trinajstić information content (AvgIpc) is 2.33. The lowest BCUT2D eigenvalue weighted by Gasteiger charge is -2.08. The monoisotopic (exact) mass is 181 g/mol. The van der Waals surface area contributed by atoms with Crippen LogP contribution in [0.5, 0.6) is 0 Å². The van der Waals surface area contributed by atoms with Crippen LogP contribution in [0, 0.1) is 5.41 Å². The minimum Gasteiger partial charge on any atom is -0.447 e. The largest absolute Gasteiger partial charge is 0.447 e. The van der Waals surface area contributed by atoms with E-state index in [1.807, 2.05) is 12.2 Å². The summed E-state index contributed by atoms with van der Waals surface area (Å²) in [5.74, 6) is 0. The molecule has 1 unspecified atom stereocenters. The van der Waals surface area contributed by atoms with Gasteiger partial charge in [0.05, 0.1) is 6.04 Å². The molecule has 3 nitrogen and oxygen atoms in total. The summed E-state index contributed by atoms with van der Waals surface area (Å²) in [5.41, 5.74) is 3.17. The van der Waals surface area contributed by atoms with Gasteiger partial charge in [0, 0.05) is 0 Å². The minimum atomic E-state index is -0.348. The summed E-state index contributed by atoms with van der Waals surface area (Å²) >= 11 is 0. The summed E-state index contributed by atoms with van der Waals surface area (Å²) in [6.07, 6.45) is 3.44. The van der Waals surface area contributed by atoms with Crippen molar-refractivity contribution >= 4 is 6.09 Å². The van der Waals surface area contributed by atoms with Crippen molar-refractivity contribution in [2.45, 2.75) is 26.8 Å². The van der Waals surface area contributed by atoms with Gasteiger partial charge in [-0.15, -0.1) is 5.73 Å². The van der Waals surface area contributed by atoms with Gasteiger partial charge in [-0.25, -0.2) is 4.79 Å². The van der Waals surface area contributed by atoms with Gasteiger partial charge in [-0.05, 0) is 17.6 Å². The Kier molecular flexibility index (Phi) is 2.79. The first kappa shape index (κ1) is 9.87. The molecule has 0 spiro atoms. The van der Waals surface area contributed by atoms with Crippen molar-refractivity contribution < 1.29 is 9.53 Å². The molecular formula is C10H15NO2. The fraction of sp³-hybridized carbons (Fsp3) is 0.600. The van der Waals surface area contributed by atoms with E-state index in [-0.39, 0.29) is 17.6 Å². The van der Waals surface area contributed by atoms with Gasteiger partial charge in [0.1, 0.15) is 6.61 Å². The minimum absolute atomic E-state index is 0.0221. The molecule has 13 heavy (non-hydrogen) atoms. The van der Waals surface area contributed by atoms with Crippen molar-refractivity contribution in [2.24, 2.45) is 5.41 Å². The van der Waals surface area contributed by atoms with Crippen LogP contribution < -0.4 is 5.32 Å². The highest BCUT2D eigenvalue weighted by Crippen LogP contribution is 2.13. The molecule has 1 N–H and O–H groups in total. The first-order valence-electron chi connectivity index (χ1n) is 4.34. The number of ether oxygens (including phenoxy) is 1. The molecule has 1 atom stereocenters. The number of rotatable bonds is 1. The van der Waals surface area contributed by atoms with E-state index in [1.165, 1.54) is 0 Å². The van der Waals surface area contributed by atoms with Gasteiger partial charge in [0.2, 0.25) is 0 Å². The molecule has 3 heteroatoms. The van der Waals surface area contributed by atoms with Crippen molar-refractivity contribution in [3.05, 3.63) is 17.9 Å². The number of nitrogens with one attached hydrogen (secondary N) is 1. The number of alkyl carbamates (subject to hydrolysis) is 1. The Bertz CT molecular complexity index is 257. The molecule has 0 aromatic carbocycles. The number of hydrogen-bond acceptors (Lipinski definition) is 2. The molecule has 1 saturated heterocycles. The molecule has 0 aliphatic carbocycles. The quantitative estimate of drug-likeness (QED) is 0.627. The van der Waals surface area contributed by atoms with Crippen molar-refractivity contribution in [2.75, 3.05) is 6.61 Å². The van der Waals surface area contributed by atoms with Gasteiger partial charge in [-0.1, -0.05) is 20.8 Å². The molecule has 1 aliphatic rings. The molecule has 0 aromatic heterocycles. The second-order valence-electron chi connectivity index (χ2n) is 4.19. The molecule has 1 aliphatic heterocycles. The van der Waals surface area contributed by atoms with Gasteiger partial charge in [-0.2, -0.15) is 0 Å². The zero-order valence-corrected chi connectivity index (χ0v) is 8.26. The van der Waals surface area contributed by atoms with Crippen LogP contribution in [0.3, 0.4) is 0 Å². The molecule has 0 radical (unpaired) electrons. The number of hydrogen-bond donors (Lipinski definition) is 1. The normalized spacial score (nSPS) is 21.5. The fourth-order valence-electron chi connectivity index (χ4n) is 0.904. The Balaban J connectivity index is 2.49. The Hall–Kier alpha value is -1.21. The van der Waals surface area contributed by atoms with Crippen molar-refractivity contribution in [3.63, 3.8) is 0 Å². The third-order valence-electron chi connectivity index (χ3n) is 1.51. The average molecular weight is 181 g/mol. The summed E-state index contributed by atoms with van der Waals surface area (Å²) in [5, 5.41) is 2.64. The SMILES string of the molecule is CC(C)(C)C=C=CC1COC(=O)N1. The Morgan fingerprint density at radius 2 is 2.31 bits per heavy atom. The van der Waals surface area contributed by atoms with Crippen LogP contribution in [0.25, 0.3) is 0 Å².